The highest BCUT2D eigenvalue weighted by atomic mass is 35.5. The molecule has 2 N–H and O–H groups in total. The van der Waals surface area contributed by atoms with Crippen LogP contribution in [0.5, 0.6) is 0 Å². The third-order valence-electron chi connectivity index (χ3n) is 2.39. The SMILES string of the molecule is CONC(=O)CC1CCCNCC1.Cl. The maximum atomic E-state index is 11.2. The fourth-order valence-electron chi connectivity index (χ4n) is 1.71. The summed E-state index contributed by atoms with van der Waals surface area (Å²) in [5, 5.41) is 3.32. The van der Waals surface area contributed by atoms with Crippen molar-refractivity contribution in [3.8, 4) is 0 Å². The zero-order valence-electron chi connectivity index (χ0n) is 8.54. The van der Waals surface area contributed by atoms with E-state index in [-0.39, 0.29) is 18.3 Å². The number of carbonyl (C=O) groups excluding carboxylic acids is 1. The number of amides is 1. The van der Waals surface area contributed by atoms with Gasteiger partial charge in [0.05, 0.1) is 7.11 Å². The third kappa shape index (κ3) is 5.42. The van der Waals surface area contributed by atoms with E-state index in [1.54, 1.807) is 0 Å². The van der Waals surface area contributed by atoms with Crippen molar-refractivity contribution in [2.24, 2.45) is 5.92 Å². The molecule has 1 fully saturated rings. The van der Waals surface area contributed by atoms with Crippen molar-refractivity contribution in [2.75, 3.05) is 20.2 Å². The molecule has 1 heterocycles. The van der Waals surface area contributed by atoms with Gasteiger partial charge in [0.1, 0.15) is 0 Å². The summed E-state index contributed by atoms with van der Waals surface area (Å²) in [7, 11) is 1.46. The molecule has 5 heteroatoms. The van der Waals surface area contributed by atoms with Gasteiger partial charge in [-0.25, -0.2) is 5.48 Å². The van der Waals surface area contributed by atoms with Gasteiger partial charge in [-0.3, -0.25) is 9.63 Å². The number of hydroxylamine groups is 1. The summed E-state index contributed by atoms with van der Waals surface area (Å²) in [6.07, 6.45) is 4.00. The maximum Gasteiger partial charge on any atom is 0.243 e. The lowest BCUT2D eigenvalue weighted by Gasteiger charge is -2.11. The number of carbonyl (C=O) groups is 1. The molecule has 0 saturated carbocycles. The summed E-state index contributed by atoms with van der Waals surface area (Å²) < 4.78 is 0. The van der Waals surface area contributed by atoms with Crippen molar-refractivity contribution < 1.29 is 9.63 Å². The first-order valence-electron chi connectivity index (χ1n) is 4.85. The molecular formula is C9H19ClN2O2. The quantitative estimate of drug-likeness (QED) is 0.697. The van der Waals surface area contributed by atoms with E-state index >= 15 is 0 Å². The Morgan fingerprint density at radius 2 is 2.29 bits per heavy atom. The predicted molar refractivity (Wildman–Crippen MR) is 57.2 cm³/mol. The van der Waals surface area contributed by atoms with E-state index < -0.39 is 0 Å². The molecule has 1 saturated heterocycles. The van der Waals surface area contributed by atoms with Gasteiger partial charge in [0, 0.05) is 6.42 Å². The largest absolute Gasteiger partial charge is 0.317 e. The molecule has 1 rings (SSSR count). The summed E-state index contributed by atoms with van der Waals surface area (Å²) in [5.41, 5.74) is 2.35. The van der Waals surface area contributed by atoms with Crippen LogP contribution in [0, 0.1) is 5.92 Å². The van der Waals surface area contributed by atoms with E-state index in [0.717, 1.165) is 25.9 Å². The van der Waals surface area contributed by atoms with Gasteiger partial charge in [-0.2, -0.15) is 0 Å². The van der Waals surface area contributed by atoms with Crippen LogP contribution in [0.2, 0.25) is 0 Å². The molecule has 0 bridgehead atoms. The molecule has 1 aliphatic rings. The van der Waals surface area contributed by atoms with Crippen molar-refractivity contribution in [3.63, 3.8) is 0 Å². The van der Waals surface area contributed by atoms with Gasteiger partial charge >= 0.3 is 0 Å². The minimum Gasteiger partial charge on any atom is -0.317 e. The highest BCUT2D eigenvalue weighted by Gasteiger charge is 2.15. The van der Waals surface area contributed by atoms with Gasteiger partial charge in [-0.05, 0) is 38.3 Å². The van der Waals surface area contributed by atoms with E-state index in [1.807, 2.05) is 0 Å². The Balaban J connectivity index is 0.00000169. The maximum absolute atomic E-state index is 11.2. The zero-order chi connectivity index (χ0) is 9.52. The lowest BCUT2D eigenvalue weighted by Crippen LogP contribution is -2.24. The molecule has 1 amide bonds. The molecule has 0 aromatic rings. The Kier molecular flexibility index (Phi) is 7.84. The van der Waals surface area contributed by atoms with Crippen molar-refractivity contribution in [2.45, 2.75) is 25.7 Å². The zero-order valence-corrected chi connectivity index (χ0v) is 9.36. The van der Waals surface area contributed by atoms with Crippen molar-refractivity contribution in [3.05, 3.63) is 0 Å². The van der Waals surface area contributed by atoms with E-state index in [4.69, 9.17) is 0 Å². The molecule has 1 atom stereocenters. The number of hydrogen-bond donors (Lipinski definition) is 2. The van der Waals surface area contributed by atoms with Gasteiger partial charge in [0.15, 0.2) is 0 Å². The lowest BCUT2D eigenvalue weighted by atomic mass is 9.97. The molecule has 0 aliphatic carbocycles. The van der Waals surface area contributed by atoms with E-state index in [0.29, 0.717) is 12.3 Å². The molecule has 4 nitrogen and oxygen atoms in total. The lowest BCUT2D eigenvalue weighted by molar-refractivity contribution is -0.132. The number of rotatable bonds is 3. The van der Waals surface area contributed by atoms with Crippen LogP contribution in [-0.4, -0.2) is 26.1 Å². The fourth-order valence-corrected chi connectivity index (χ4v) is 1.71. The van der Waals surface area contributed by atoms with Gasteiger partial charge in [0.25, 0.3) is 0 Å². The standard InChI is InChI=1S/C9H18N2O2.ClH/c1-13-11-9(12)7-8-3-2-5-10-6-4-8;/h8,10H,2-7H2,1H3,(H,11,12);1H. The van der Waals surface area contributed by atoms with Gasteiger partial charge in [-0.1, -0.05) is 0 Å². The monoisotopic (exact) mass is 222 g/mol. The minimum atomic E-state index is -0.00519. The van der Waals surface area contributed by atoms with Crippen LogP contribution in [0.25, 0.3) is 0 Å². The van der Waals surface area contributed by atoms with Crippen LogP contribution in [0.4, 0.5) is 0 Å². The van der Waals surface area contributed by atoms with Crippen LogP contribution >= 0.6 is 12.4 Å². The Morgan fingerprint density at radius 1 is 1.50 bits per heavy atom. The molecule has 84 valence electrons. The van der Waals surface area contributed by atoms with E-state index in [1.165, 1.54) is 13.5 Å². The number of halogens is 1. The van der Waals surface area contributed by atoms with E-state index in [2.05, 4.69) is 15.6 Å². The first kappa shape index (κ1) is 13.7. The molecule has 0 spiro atoms. The summed E-state index contributed by atoms with van der Waals surface area (Å²) in [4.78, 5) is 15.7. The first-order valence-corrected chi connectivity index (χ1v) is 4.85. The number of nitrogens with one attached hydrogen (secondary N) is 2. The molecular weight excluding hydrogens is 204 g/mol. The first-order chi connectivity index (χ1) is 6.33. The smallest absolute Gasteiger partial charge is 0.243 e. The highest BCUT2D eigenvalue weighted by Crippen LogP contribution is 2.16. The molecule has 0 aromatic heterocycles. The summed E-state index contributed by atoms with van der Waals surface area (Å²) in [6.45, 7) is 2.12. The third-order valence-corrected chi connectivity index (χ3v) is 2.39. The second-order valence-electron chi connectivity index (χ2n) is 3.48. The van der Waals surface area contributed by atoms with Crippen LogP contribution in [0.1, 0.15) is 25.7 Å². The Labute approximate surface area is 91.1 Å². The van der Waals surface area contributed by atoms with Crippen molar-refractivity contribution in [1.29, 1.82) is 0 Å². The summed E-state index contributed by atoms with van der Waals surface area (Å²) in [5.74, 6) is 0.513. The summed E-state index contributed by atoms with van der Waals surface area (Å²) in [6, 6.07) is 0. The topological polar surface area (TPSA) is 50.4 Å². The van der Waals surface area contributed by atoms with E-state index in [9.17, 15) is 4.79 Å². The average Bonchev–Trinajstić information content (AvgIpc) is 2.33. The average molecular weight is 223 g/mol. The molecule has 14 heavy (non-hydrogen) atoms. The van der Waals surface area contributed by atoms with Crippen molar-refractivity contribution in [1.82, 2.24) is 10.8 Å². The molecule has 1 unspecified atom stereocenters. The summed E-state index contributed by atoms with van der Waals surface area (Å²) >= 11 is 0. The van der Waals surface area contributed by atoms with Gasteiger partial charge in [0.2, 0.25) is 5.91 Å². The minimum absolute atomic E-state index is 0. The number of hydrogen-bond acceptors (Lipinski definition) is 3. The second-order valence-corrected chi connectivity index (χ2v) is 3.48. The Bertz CT molecular complexity index is 159. The Morgan fingerprint density at radius 3 is 3.00 bits per heavy atom. The van der Waals surface area contributed by atoms with Gasteiger partial charge < -0.3 is 5.32 Å². The Hall–Kier alpha value is -0.320. The predicted octanol–water partition coefficient (Wildman–Crippen LogP) is 0.866. The van der Waals surface area contributed by atoms with Crippen LogP contribution in [0.15, 0.2) is 0 Å². The fraction of sp³-hybridized carbons (Fsp3) is 0.889. The molecule has 0 radical (unpaired) electrons. The van der Waals surface area contributed by atoms with Gasteiger partial charge in [-0.15, -0.1) is 12.4 Å². The van der Waals surface area contributed by atoms with Crippen LogP contribution in [0.3, 0.4) is 0 Å². The van der Waals surface area contributed by atoms with Crippen LogP contribution in [-0.2, 0) is 9.63 Å². The molecule has 0 aromatic carbocycles. The molecule has 1 aliphatic heterocycles. The van der Waals surface area contributed by atoms with Crippen molar-refractivity contribution >= 4 is 18.3 Å². The normalized spacial score (nSPS) is 21.9. The highest BCUT2D eigenvalue weighted by molar-refractivity contribution is 5.85. The van der Waals surface area contributed by atoms with Crippen LogP contribution < -0.4 is 10.8 Å². The second kappa shape index (κ2) is 8.03.